The van der Waals surface area contributed by atoms with Crippen LogP contribution in [0.3, 0.4) is 0 Å². The monoisotopic (exact) mass is 492 g/mol. The van der Waals surface area contributed by atoms with Crippen LogP contribution in [-0.4, -0.2) is 55.5 Å². The zero-order chi connectivity index (χ0) is 26.1. The van der Waals surface area contributed by atoms with Crippen LogP contribution in [0.15, 0.2) is 42.0 Å². The lowest BCUT2D eigenvalue weighted by atomic mass is 9.56. The minimum Gasteiger partial charge on any atom is -0.507 e. The number of phenolic OH excluding ortho intramolecular Hbond substituents is 1. The largest absolute Gasteiger partial charge is 0.507 e. The average Bonchev–Trinajstić information content (AvgIpc) is 2.81. The molecule has 0 aromatic heterocycles. The van der Waals surface area contributed by atoms with Crippen LogP contribution in [0.25, 0.3) is 16.9 Å². The first kappa shape index (κ1) is 23.7. The zero-order valence-corrected chi connectivity index (χ0v) is 19.0. The maximum atomic E-state index is 13.6. The molecule has 36 heavy (non-hydrogen) atoms. The number of phenols is 1. The first-order valence-electron chi connectivity index (χ1n) is 11.4. The molecule has 0 aliphatic heterocycles. The van der Waals surface area contributed by atoms with E-state index in [-0.39, 0.29) is 41.7 Å². The number of amides is 2. The SMILES string of the molecule is NC(=O)c1cccc(-c2ccc(O)c3c2C[C@H]2C[C@H]4CC(O)C(C(N)=O)C(=O)[C@@]4(O)C(=O)C2=C3O)c1. The van der Waals surface area contributed by atoms with Gasteiger partial charge in [-0.1, -0.05) is 18.2 Å². The Morgan fingerprint density at radius 2 is 1.75 bits per heavy atom. The lowest BCUT2D eigenvalue weighted by molar-refractivity contribution is -0.174. The number of Topliss-reactive ketones (excluding diaryl/α,β-unsaturated/α-hetero) is 2. The highest BCUT2D eigenvalue weighted by molar-refractivity contribution is 6.24. The van der Waals surface area contributed by atoms with Crippen molar-refractivity contribution in [2.75, 3.05) is 0 Å². The van der Waals surface area contributed by atoms with E-state index in [4.69, 9.17) is 11.5 Å². The fourth-order valence-electron chi connectivity index (χ4n) is 6.04. The van der Waals surface area contributed by atoms with Crippen molar-refractivity contribution >= 4 is 29.1 Å². The molecule has 0 heterocycles. The van der Waals surface area contributed by atoms with E-state index in [0.29, 0.717) is 16.7 Å². The highest BCUT2D eigenvalue weighted by Crippen LogP contribution is 2.52. The predicted molar refractivity (Wildman–Crippen MR) is 125 cm³/mol. The number of hydrogen-bond donors (Lipinski definition) is 6. The standard InChI is InChI=1S/C26H24N2O8/c27-24(34)11-3-1-2-10(6-11)14-4-5-16(29)19-15(14)8-12-7-13-9-17(30)20(25(28)35)23(33)26(13,36)22(32)18(12)21(19)31/h1-6,12-13,17,20,29-31,36H,7-9H2,(H2,27,34)(H2,28,35)/t12-,13+,17?,20?,26+/m1/s1. The second-order valence-corrected chi connectivity index (χ2v) is 9.67. The number of hydrogen-bond acceptors (Lipinski definition) is 8. The van der Waals surface area contributed by atoms with Crippen LogP contribution in [0.4, 0.5) is 0 Å². The fraction of sp³-hybridized carbons (Fsp3) is 0.308. The Morgan fingerprint density at radius 1 is 1.03 bits per heavy atom. The number of primary amides is 2. The number of rotatable bonds is 3. The summed E-state index contributed by atoms with van der Waals surface area (Å²) in [6.45, 7) is 0. The maximum Gasteiger partial charge on any atom is 0.248 e. The van der Waals surface area contributed by atoms with Crippen LogP contribution in [0.2, 0.25) is 0 Å². The van der Waals surface area contributed by atoms with Gasteiger partial charge < -0.3 is 31.9 Å². The Hall–Kier alpha value is -4.02. The van der Waals surface area contributed by atoms with E-state index in [0.717, 1.165) is 0 Å². The molecule has 10 heteroatoms. The van der Waals surface area contributed by atoms with Crippen molar-refractivity contribution in [2.45, 2.75) is 31.0 Å². The minimum absolute atomic E-state index is 0.0200. The summed E-state index contributed by atoms with van der Waals surface area (Å²) in [6.07, 6.45) is -1.42. The number of ketones is 2. The molecule has 0 saturated heterocycles. The summed E-state index contributed by atoms with van der Waals surface area (Å²) in [7, 11) is 0. The number of benzene rings is 2. The Kier molecular flexibility index (Phi) is 5.27. The van der Waals surface area contributed by atoms with E-state index in [1.807, 2.05) is 0 Å². The van der Waals surface area contributed by atoms with Gasteiger partial charge in [-0.3, -0.25) is 19.2 Å². The average molecular weight is 492 g/mol. The molecule has 0 radical (unpaired) electrons. The summed E-state index contributed by atoms with van der Waals surface area (Å²) >= 11 is 0. The number of carbonyl (C=O) groups is 4. The molecule has 3 aliphatic rings. The van der Waals surface area contributed by atoms with Crippen LogP contribution in [-0.2, 0) is 20.8 Å². The van der Waals surface area contributed by atoms with E-state index in [1.165, 1.54) is 6.07 Å². The quantitative estimate of drug-likeness (QED) is 0.329. The number of carbonyl (C=O) groups excluding carboxylic acids is 4. The number of fused-ring (bicyclic) bond motifs is 3. The summed E-state index contributed by atoms with van der Waals surface area (Å²) in [5, 5.41) is 43.5. The highest BCUT2D eigenvalue weighted by atomic mass is 16.3. The van der Waals surface area contributed by atoms with Crippen LogP contribution in [0.5, 0.6) is 5.75 Å². The normalized spacial score (nSPS) is 29.3. The van der Waals surface area contributed by atoms with Crippen molar-refractivity contribution in [2.24, 2.45) is 29.2 Å². The van der Waals surface area contributed by atoms with Gasteiger partial charge in [0.1, 0.15) is 17.4 Å². The van der Waals surface area contributed by atoms with Gasteiger partial charge in [0, 0.05) is 17.1 Å². The Bertz CT molecular complexity index is 1400. The lowest BCUT2D eigenvalue weighted by Crippen LogP contribution is -2.66. The van der Waals surface area contributed by atoms with Gasteiger partial charge in [0.2, 0.25) is 17.6 Å². The second-order valence-electron chi connectivity index (χ2n) is 9.67. The van der Waals surface area contributed by atoms with Gasteiger partial charge in [0.15, 0.2) is 11.4 Å². The number of aromatic hydroxyl groups is 1. The lowest BCUT2D eigenvalue weighted by Gasteiger charge is -2.48. The molecule has 2 fully saturated rings. The summed E-state index contributed by atoms with van der Waals surface area (Å²) in [6, 6.07) is 9.47. The van der Waals surface area contributed by atoms with Crippen molar-refractivity contribution in [3.8, 4) is 16.9 Å². The van der Waals surface area contributed by atoms with Crippen molar-refractivity contribution < 1.29 is 39.6 Å². The van der Waals surface area contributed by atoms with Gasteiger partial charge in [-0.05, 0) is 60.1 Å². The van der Waals surface area contributed by atoms with Crippen molar-refractivity contribution in [1.82, 2.24) is 0 Å². The molecule has 2 amide bonds. The Morgan fingerprint density at radius 3 is 2.42 bits per heavy atom. The van der Waals surface area contributed by atoms with E-state index in [1.54, 1.807) is 30.3 Å². The highest BCUT2D eigenvalue weighted by Gasteiger charge is 2.63. The number of aliphatic hydroxyl groups is 3. The van der Waals surface area contributed by atoms with Crippen LogP contribution in [0.1, 0.15) is 34.3 Å². The molecule has 10 nitrogen and oxygen atoms in total. The molecular weight excluding hydrogens is 468 g/mol. The Balaban J connectivity index is 1.67. The smallest absolute Gasteiger partial charge is 0.248 e. The zero-order valence-electron chi connectivity index (χ0n) is 19.0. The predicted octanol–water partition coefficient (Wildman–Crippen LogP) is 0.355. The van der Waals surface area contributed by atoms with Crippen LogP contribution >= 0.6 is 0 Å². The summed E-state index contributed by atoms with van der Waals surface area (Å²) < 4.78 is 0. The van der Waals surface area contributed by atoms with Crippen molar-refractivity contribution in [3.63, 3.8) is 0 Å². The van der Waals surface area contributed by atoms with Gasteiger partial charge in [-0.2, -0.15) is 0 Å². The maximum absolute atomic E-state index is 13.6. The molecular formula is C26H24N2O8. The van der Waals surface area contributed by atoms with Crippen molar-refractivity contribution in [3.05, 3.63) is 58.7 Å². The van der Waals surface area contributed by atoms with Crippen LogP contribution in [0, 0.1) is 17.8 Å². The van der Waals surface area contributed by atoms with Crippen molar-refractivity contribution in [1.29, 1.82) is 0 Å². The third kappa shape index (κ3) is 3.18. The molecule has 5 rings (SSSR count). The van der Waals surface area contributed by atoms with Gasteiger partial charge in [-0.25, -0.2) is 0 Å². The minimum atomic E-state index is -2.63. The van der Waals surface area contributed by atoms with E-state index < -0.39 is 58.6 Å². The van der Waals surface area contributed by atoms with E-state index in [9.17, 15) is 39.6 Å². The third-order valence-electron chi connectivity index (χ3n) is 7.73. The summed E-state index contributed by atoms with van der Waals surface area (Å²) in [4.78, 5) is 50.1. The summed E-state index contributed by atoms with van der Waals surface area (Å²) in [5.74, 6) is -8.29. The topological polar surface area (TPSA) is 201 Å². The molecule has 0 spiro atoms. The first-order chi connectivity index (χ1) is 17.0. The molecule has 8 N–H and O–H groups in total. The molecule has 5 atom stereocenters. The van der Waals surface area contributed by atoms with Crippen LogP contribution < -0.4 is 11.5 Å². The molecule has 2 aromatic carbocycles. The molecule has 2 aromatic rings. The second kappa shape index (κ2) is 8.00. The summed E-state index contributed by atoms with van der Waals surface area (Å²) in [5.41, 5.74) is 9.78. The van der Waals surface area contributed by atoms with E-state index >= 15 is 0 Å². The Labute approximate surface area is 204 Å². The van der Waals surface area contributed by atoms with Gasteiger partial charge in [0.25, 0.3) is 0 Å². The molecule has 0 bridgehead atoms. The first-order valence-corrected chi connectivity index (χ1v) is 11.4. The molecule has 2 unspecified atom stereocenters. The van der Waals surface area contributed by atoms with Gasteiger partial charge >= 0.3 is 0 Å². The molecule has 2 saturated carbocycles. The third-order valence-corrected chi connectivity index (χ3v) is 7.73. The number of aliphatic hydroxyl groups excluding tert-OH is 2. The molecule has 186 valence electrons. The molecule has 3 aliphatic carbocycles. The number of nitrogens with two attached hydrogens (primary N) is 2. The van der Waals surface area contributed by atoms with Gasteiger partial charge in [-0.15, -0.1) is 0 Å². The van der Waals surface area contributed by atoms with Gasteiger partial charge in [0.05, 0.1) is 11.7 Å². The fourth-order valence-corrected chi connectivity index (χ4v) is 6.04. The van der Waals surface area contributed by atoms with E-state index in [2.05, 4.69) is 0 Å².